The molecular formula is C18H17FN2O6S. The van der Waals surface area contributed by atoms with Crippen molar-refractivity contribution in [3.63, 3.8) is 0 Å². The van der Waals surface area contributed by atoms with Gasteiger partial charge in [0.1, 0.15) is 17.3 Å². The average molecular weight is 408 g/mol. The molecule has 8 nitrogen and oxygen atoms in total. The Morgan fingerprint density at radius 2 is 2.00 bits per heavy atom. The summed E-state index contributed by atoms with van der Waals surface area (Å²) < 4.78 is 57.1. The zero-order chi connectivity index (χ0) is 19.7. The topological polar surface area (TPSA) is 103 Å². The van der Waals surface area contributed by atoms with Crippen molar-refractivity contribution >= 4 is 21.6 Å². The van der Waals surface area contributed by atoms with Crippen LogP contribution in [0.1, 0.15) is 11.1 Å². The Morgan fingerprint density at radius 1 is 1.14 bits per heavy atom. The molecule has 2 aromatic carbocycles. The maximum atomic E-state index is 13.8. The van der Waals surface area contributed by atoms with Gasteiger partial charge in [-0.3, -0.25) is 4.79 Å². The molecular weight excluding hydrogens is 391 g/mol. The van der Waals surface area contributed by atoms with E-state index in [1.807, 2.05) is 0 Å². The zero-order valence-electron chi connectivity index (χ0n) is 14.7. The number of amides is 1. The van der Waals surface area contributed by atoms with Gasteiger partial charge in [0.25, 0.3) is 5.91 Å². The van der Waals surface area contributed by atoms with Crippen LogP contribution < -0.4 is 19.5 Å². The summed E-state index contributed by atoms with van der Waals surface area (Å²) >= 11 is 0. The van der Waals surface area contributed by atoms with Crippen LogP contribution in [0.15, 0.2) is 35.2 Å². The minimum Gasteiger partial charge on any atom is -0.482 e. The van der Waals surface area contributed by atoms with E-state index in [9.17, 15) is 17.6 Å². The first-order valence-electron chi connectivity index (χ1n) is 8.50. The number of fused-ring (bicyclic) bond motifs is 2. The first kappa shape index (κ1) is 18.7. The molecule has 2 heterocycles. The van der Waals surface area contributed by atoms with Crippen LogP contribution in [0.25, 0.3) is 0 Å². The quantitative estimate of drug-likeness (QED) is 0.778. The monoisotopic (exact) mass is 408 g/mol. The van der Waals surface area contributed by atoms with Crippen molar-refractivity contribution in [2.24, 2.45) is 0 Å². The lowest BCUT2D eigenvalue weighted by Gasteiger charge is -2.21. The van der Waals surface area contributed by atoms with E-state index in [1.54, 1.807) is 0 Å². The van der Waals surface area contributed by atoms with Crippen molar-refractivity contribution in [3.8, 4) is 11.5 Å². The molecule has 0 saturated carbocycles. The summed E-state index contributed by atoms with van der Waals surface area (Å²) in [6.45, 7) is 0.250. The molecule has 0 fully saturated rings. The molecule has 0 atom stereocenters. The third kappa shape index (κ3) is 3.79. The second-order valence-corrected chi connectivity index (χ2v) is 8.07. The fourth-order valence-corrected chi connectivity index (χ4v) is 4.13. The molecule has 0 bridgehead atoms. The number of anilines is 1. The van der Waals surface area contributed by atoms with Gasteiger partial charge in [0, 0.05) is 12.1 Å². The Kier molecular flexibility index (Phi) is 4.92. The largest absolute Gasteiger partial charge is 0.482 e. The van der Waals surface area contributed by atoms with Gasteiger partial charge in [-0.2, -0.15) is 0 Å². The molecule has 2 aliphatic rings. The van der Waals surface area contributed by atoms with E-state index in [0.29, 0.717) is 28.3 Å². The van der Waals surface area contributed by atoms with Crippen molar-refractivity contribution in [1.29, 1.82) is 0 Å². The summed E-state index contributed by atoms with van der Waals surface area (Å²) in [7, 11) is -3.83. The Labute approximate surface area is 160 Å². The van der Waals surface area contributed by atoms with E-state index >= 15 is 0 Å². The maximum Gasteiger partial charge on any atom is 0.262 e. The van der Waals surface area contributed by atoms with E-state index in [1.165, 1.54) is 30.3 Å². The molecule has 0 radical (unpaired) electrons. The average Bonchev–Trinajstić information content (AvgIpc) is 2.67. The van der Waals surface area contributed by atoms with Gasteiger partial charge in [-0.15, -0.1) is 0 Å². The predicted octanol–water partition coefficient (Wildman–Crippen LogP) is 1.54. The van der Waals surface area contributed by atoms with E-state index in [2.05, 4.69) is 10.0 Å². The smallest absolute Gasteiger partial charge is 0.262 e. The van der Waals surface area contributed by atoms with Crippen LogP contribution in [-0.2, 0) is 32.6 Å². The van der Waals surface area contributed by atoms with Gasteiger partial charge in [-0.25, -0.2) is 17.5 Å². The number of carbonyl (C=O) groups is 1. The molecule has 10 heteroatoms. The van der Waals surface area contributed by atoms with E-state index in [0.717, 1.165) is 0 Å². The number of hydrogen-bond donors (Lipinski definition) is 2. The highest BCUT2D eigenvalue weighted by Gasteiger charge is 2.22. The molecule has 2 aromatic rings. The Bertz CT molecular complexity index is 1040. The fourth-order valence-electron chi connectivity index (χ4n) is 3.08. The van der Waals surface area contributed by atoms with Crippen molar-refractivity contribution < 1.29 is 31.8 Å². The number of rotatable bonds is 5. The van der Waals surface area contributed by atoms with Crippen LogP contribution in [0.4, 0.5) is 10.1 Å². The molecule has 1 amide bonds. The maximum absolute atomic E-state index is 13.8. The van der Waals surface area contributed by atoms with Gasteiger partial charge < -0.3 is 19.5 Å². The lowest BCUT2D eigenvalue weighted by atomic mass is 10.1. The fraction of sp³-hybridized carbons (Fsp3) is 0.278. The molecule has 148 valence electrons. The SMILES string of the molecule is O=C1COc2ccc(S(=O)(=O)NCCc3cc(F)cc4c3OCOC4)cc2N1. The third-order valence-electron chi connectivity index (χ3n) is 4.33. The van der Waals surface area contributed by atoms with Crippen molar-refractivity contribution in [2.45, 2.75) is 17.9 Å². The van der Waals surface area contributed by atoms with Crippen LogP contribution in [0, 0.1) is 5.82 Å². The second kappa shape index (κ2) is 7.38. The molecule has 0 aliphatic carbocycles. The molecule has 0 aromatic heterocycles. The number of sulfonamides is 1. The van der Waals surface area contributed by atoms with Crippen LogP contribution in [0.2, 0.25) is 0 Å². The Morgan fingerprint density at radius 3 is 2.86 bits per heavy atom. The summed E-state index contributed by atoms with van der Waals surface area (Å²) in [5.41, 5.74) is 1.45. The summed E-state index contributed by atoms with van der Waals surface area (Å²) in [5, 5.41) is 2.57. The molecule has 2 N–H and O–H groups in total. The van der Waals surface area contributed by atoms with E-state index in [4.69, 9.17) is 14.2 Å². The summed E-state index contributed by atoms with van der Waals surface area (Å²) in [6.07, 6.45) is 0.240. The van der Waals surface area contributed by atoms with Gasteiger partial charge in [-0.05, 0) is 42.3 Å². The normalized spacial score (nSPS) is 15.7. The van der Waals surface area contributed by atoms with Crippen molar-refractivity contribution in [2.75, 3.05) is 25.3 Å². The van der Waals surface area contributed by atoms with Gasteiger partial charge in [0.15, 0.2) is 13.4 Å². The molecule has 0 unspecified atom stereocenters. The second-order valence-electron chi connectivity index (χ2n) is 6.31. The summed E-state index contributed by atoms with van der Waals surface area (Å²) in [6, 6.07) is 6.87. The molecule has 0 spiro atoms. The summed E-state index contributed by atoms with van der Waals surface area (Å²) in [5.74, 6) is 0.149. The highest BCUT2D eigenvalue weighted by Crippen LogP contribution is 2.31. The number of nitrogens with one attached hydrogen (secondary N) is 2. The highest BCUT2D eigenvalue weighted by molar-refractivity contribution is 7.89. The summed E-state index contributed by atoms with van der Waals surface area (Å²) in [4.78, 5) is 11.4. The Hall–Kier alpha value is -2.69. The molecule has 4 rings (SSSR count). The Balaban J connectivity index is 1.47. The van der Waals surface area contributed by atoms with Crippen molar-refractivity contribution in [3.05, 3.63) is 47.3 Å². The van der Waals surface area contributed by atoms with Gasteiger partial charge in [0.2, 0.25) is 10.0 Å². The standard InChI is InChI=1S/C18H17FN2O6S/c19-13-5-11(18-12(6-13)8-25-10-27-18)3-4-20-28(23,24)14-1-2-16-15(7-14)21-17(22)9-26-16/h1-2,5-7,20H,3-4,8-10H2,(H,21,22). The molecule has 0 saturated heterocycles. The van der Waals surface area contributed by atoms with Crippen LogP contribution >= 0.6 is 0 Å². The third-order valence-corrected chi connectivity index (χ3v) is 5.79. The van der Waals surface area contributed by atoms with E-state index in [-0.39, 0.29) is 43.8 Å². The first-order chi connectivity index (χ1) is 13.4. The number of carbonyl (C=O) groups excluding carboxylic acids is 1. The van der Waals surface area contributed by atoms with Gasteiger partial charge in [0.05, 0.1) is 17.2 Å². The number of benzene rings is 2. The van der Waals surface area contributed by atoms with Gasteiger partial charge >= 0.3 is 0 Å². The van der Waals surface area contributed by atoms with Gasteiger partial charge in [-0.1, -0.05) is 0 Å². The van der Waals surface area contributed by atoms with Crippen LogP contribution in [0.5, 0.6) is 11.5 Å². The molecule has 28 heavy (non-hydrogen) atoms. The lowest BCUT2D eigenvalue weighted by molar-refractivity contribution is -0.118. The minimum absolute atomic E-state index is 0.0111. The zero-order valence-corrected chi connectivity index (χ0v) is 15.5. The highest BCUT2D eigenvalue weighted by atomic mass is 32.2. The van der Waals surface area contributed by atoms with Crippen LogP contribution in [0.3, 0.4) is 0 Å². The minimum atomic E-state index is -3.83. The lowest BCUT2D eigenvalue weighted by Crippen LogP contribution is -2.28. The number of hydrogen-bond acceptors (Lipinski definition) is 6. The number of halogens is 1. The van der Waals surface area contributed by atoms with Crippen molar-refractivity contribution in [1.82, 2.24) is 4.72 Å². The van der Waals surface area contributed by atoms with Crippen LogP contribution in [-0.4, -0.2) is 34.3 Å². The number of ether oxygens (including phenoxy) is 3. The predicted molar refractivity (Wildman–Crippen MR) is 96.1 cm³/mol. The van der Waals surface area contributed by atoms with E-state index < -0.39 is 15.8 Å². The molecule has 2 aliphatic heterocycles. The first-order valence-corrected chi connectivity index (χ1v) is 9.99.